The summed E-state index contributed by atoms with van der Waals surface area (Å²) in [5.74, 6) is -0.140. The second kappa shape index (κ2) is 7.04. The number of aromatic amines is 1. The molecule has 1 aliphatic heterocycles. The zero-order valence-electron chi connectivity index (χ0n) is 13.8. The molecule has 0 aromatic carbocycles. The Labute approximate surface area is 146 Å². The number of rotatable bonds is 6. The molecule has 0 saturated carbocycles. The Kier molecular flexibility index (Phi) is 5.12. The molecular weight excluding hydrogens is 373 g/mol. The molecule has 1 aliphatic rings. The minimum atomic E-state index is -3.78. The summed E-state index contributed by atoms with van der Waals surface area (Å²) >= 11 is 0. The average Bonchev–Trinajstić information content (AvgIpc) is 3.15. The van der Waals surface area contributed by atoms with E-state index in [4.69, 9.17) is 15.0 Å². The SMILES string of the molecule is COP(=O)(OC)OC[C@H]1O[C@@H](n2cnc3c(=O)[nH]c(N)nc32)[C@H](O)[C@@H]1O. The molecule has 13 nitrogen and oxygen atoms in total. The quantitative estimate of drug-likeness (QED) is 0.431. The van der Waals surface area contributed by atoms with Crippen LogP contribution in [0.3, 0.4) is 0 Å². The van der Waals surface area contributed by atoms with Crippen molar-refractivity contribution in [1.82, 2.24) is 19.5 Å². The van der Waals surface area contributed by atoms with Gasteiger partial charge in [0.05, 0.1) is 12.9 Å². The van der Waals surface area contributed by atoms with Crippen LogP contribution in [0.5, 0.6) is 0 Å². The molecule has 0 radical (unpaired) electrons. The molecule has 1 fully saturated rings. The number of nitrogens with two attached hydrogens (primary N) is 1. The first kappa shape index (κ1) is 18.9. The molecule has 0 unspecified atom stereocenters. The van der Waals surface area contributed by atoms with Gasteiger partial charge in [-0.2, -0.15) is 4.98 Å². The fourth-order valence-corrected chi connectivity index (χ4v) is 3.26. The summed E-state index contributed by atoms with van der Waals surface area (Å²) in [6, 6.07) is 0. The summed E-state index contributed by atoms with van der Waals surface area (Å²) in [7, 11) is -1.50. The monoisotopic (exact) mass is 391 g/mol. The van der Waals surface area contributed by atoms with Gasteiger partial charge in [-0.1, -0.05) is 0 Å². The van der Waals surface area contributed by atoms with Crippen LogP contribution in [0, 0.1) is 0 Å². The number of ether oxygens (including phenoxy) is 1. The maximum absolute atomic E-state index is 11.9. The molecule has 0 amide bonds. The minimum Gasteiger partial charge on any atom is -0.387 e. The second-order valence-electron chi connectivity index (χ2n) is 5.43. The van der Waals surface area contributed by atoms with Gasteiger partial charge >= 0.3 is 7.82 Å². The number of phosphoric acid groups is 1. The van der Waals surface area contributed by atoms with Crippen molar-refractivity contribution in [2.24, 2.45) is 0 Å². The molecule has 0 bridgehead atoms. The normalized spacial score (nSPS) is 26.6. The standard InChI is InChI=1S/C12H18N5O8P/c1-22-26(21,23-2)24-3-5-7(18)8(19)11(25-5)17-4-14-6-9(17)15-12(13)16-10(6)20/h4-5,7-8,11,18-19H,3H2,1-2H3,(H3,13,15,16,20)/t5-,7-,8-,11-/m1/s1. The number of fused-ring (bicyclic) bond motifs is 1. The highest BCUT2D eigenvalue weighted by atomic mass is 31.2. The Hall–Kier alpha value is -1.86. The van der Waals surface area contributed by atoms with Crippen LogP contribution in [0.25, 0.3) is 11.2 Å². The van der Waals surface area contributed by atoms with Gasteiger partial charge in [0.25, 0.3) is 5.56 Å². The Bertz CT molecular complexity index is 891. The Balaban J connectivity index is 1.84. The molecule has 2 aromatic heterocycles. The first-order valence-corrected chi connectivity index (χ1v) is 8.85. The number of imidazole rings is 1. The third-order valence-corrected chi connectivity index (χ3v) is 5.27. The lowest BCUT2D eigenvalue weighted by Gasteiger charge is -2.18. The molecule has 4 atom stereocenters. The third-order valence-electron chi connectivity index (χ3n) is 3.91. The molecule has 3 rings (SSSR count). The molecule has 144 valence electrons. The van der Waals surface area contributed by atoms with Crippen LogP contribution in [0.4, 0.5) is 5.95 Å². The highest BCUT2D eigenvalue weighted by molar-refractivity contribution is 7.48. The van der Waals surface area contributed by atoms with E-state index in [1.807, 2.05) is 0 Å². The van der Waals surface area contributed by atoms with Crippen molar-refractivity contribution >= 4 is 24.9 Å². The number of aromatic nitrogens is 4. The van der Waals surface area contributed by atoms with E-state index in [9.17, 15) is 19.6 Å². The van der Waals surface area contributed by atoms with Crippen molar-refractivity contribution in [3.05, 3.63) is 16.7 Å². The lowest BCUT2D eigenvalue weighted by Crippen LogP contribution is -2.33. The van der Waals surface area contributed by atoms with Gasteiger partial charge in [0, 0.05) is 14.2 Å². The van der Waals surface area contributed by atoms with E-state index >= 15 is 0 Å². The maximum atomic E-state index is 11.9. The molecule has 5 N–H and O–H groups in total. The highest BCUT2D eigenvalue weighted by Crippen LogP contribution is 2.48. The molecule has 3 heterocycles. The topological polar surface area (TPSA) is 184 Å². The fourth-order valence-electron chi connectivity index (χ4n) is 2.57. The van der Waals surface area contributed by atoms with Crippen molar-refractivity contribution in [2.45, 2.75) is 24.5 Å². The maximum Gasteiger partial charge on any atom is 0.474 e. The van der Waals surface area contributed by atoms with Crippen LogP contribution in [-0.4, -0.2) is 68.9 Å². The molecule has 1 saturated heterocycles. The van der Waals surface area contributed by atoms with Crippen LogP contribution < -0.4 is 11.3 Å². The van der Waals surface area contributed by atoms with Gasteiger partial charge in [-0.25, -0.2) is 9.55 Å². The summed E-state index contributed by atoms with van der Waals surface area (Å²) in [5, 5.41) is 20.5. The van der Waals surface area contributed by atoms with Crippen LogP contribution in [0.15, 0.2) is 11.1 Å². The van der Waals surface area contributed by atoms with E-state index in [-0.39, 0.29) is 23.7 Å². The van der Waals surface area contributed by atoms with Crippen molar-refractivity contribution in [3.63, 3.8) is 0 Å². The number of anilines is 1. The molecule has 2 aromatic rings. The predicted octanol–water partition coefficient (Wildman–Crippen LogP) is -1.26. The van der Waals surface area contributed by atoms with Crippen molar-refractivity contribution in [2.75, 3.05) is 26.6 Å². The molecule has 0 aliphatic carbocycles. The number of nitrogen functional groups attached to an aromatic ring is 1. The summed E-state index contributed by atoms with van der Waals surface area (Å²) in [6.07, 6.45) is -3.72. The predicted molar refractivity (Wildman–Crippen MR) is 86.1 cm³/mol. The Morgan fingerprint density at radius 2 is 2.08 bits per heavy atom. The number of nitrogens with one attached hydrogen (secondary N) is 1. The summed E-state index contributed by atoms with van der Waals surface area (Å²) in [6.45, 7) is -0.379. The van der Waals surface area contributed by atoms with Crippen LogP contribution >= 0.6 is 7.82 Å². The molecule has 0 spiro atoms. The third kappa shape index (κ3) is 3.25. The van der Waals surface area contributed by atoms with Gasteiger partial charge < -0.3 is 20.7 Å². The van der Waals surface area contributed by atoms with Gasteiger partial charge in [-0.3, -0.25) is 27.9 Å². The van der Waals surface area contributed by atoms with Gasteiger partial charge in [-0.15, -0.1) is 0 Å². The van der Waals surface area contributed by atoms with Crippen LogP contribution in [0.1, 0.15) is 6.23 Å². The Morgan fingerprint density at radius 1 is 1.38 bits per heavy atom. The number of aliphatic hydroxyl groups is 2. The first-order valence-electron chi connectivity index (χ1n) is 7.39. The van der Waals surface area contributed by atoms with Crippen molar-refractivity contribution in [1.29, 1.82) is 0 Å². The Morgan fingerprint density at radius 3 is 2.73 bits per heavy atom. The number of phosphoric ester groups is 1. The van der Waals surface area contributed by atoms with E-state index in [1.54, 1.807) is 0 Å². The van der Waals surface area contributed by atoms with E-state index in [2.05, 4.69) is 24.0 Å². The summed E-state index contributed by atoms with van der Waals surface area (Å²) in [4.78, 5) is 22.0. The number of hydrogen-bond donors (Lipinski definition) is 4. The van der Waals surface area contributed by atoms with Gasteiger partial charge in [0.2, 0.25) is 5.95 Å². The first-order chi connectivity index (χ1) is 12.3. The summed E-state index contributed by atoms with van der Waals surface area (Å²) < 4.78 is 33.0. The second-order valence-corrected chi connectivity index (χ2v) is 7.31. The number of H-pyrrole nitrogens is 1. The van der Waals surface area contributed by atoms with Gasteiger partial charge in [0.1, 0.15) is 18.3 Å². The smallest absolute Gasteiger partial charge is 0.387 e. The highest BCUT2D eigenvalue weighted by Gasteiger charge is 2.45. The molecule has 26 heavy (non-hydrogen) atoms. The van der Waals surface area contributed by atoms with Gasteiger partial charge in [-0.05, 0) is 0 Å². The van der Waals surface area contributed by atoms with E-state index in [1.165, 1.54) is 10.9 Å². The van der Waals surface area contributed by atoms with Crippen molar-refractivity contribution < 1.29 is 33.1 Å². The zero-order chi connectivity index (χ0) is 19.1. The van der Waals surface area contributed by atoms with Crippen molar-refractivity contribution in [3.8, 4) is 0 Å². The number of nitrogens with zero attached hydrogens (tertiary/aromatic N) is 3. The molecule has 14 heteroatoms. The van der Waals surface area contributed by atoms with Crippen LogP contribution in [0.2, 0.25) is 0 Å². The van der Waals surface area contributed by atoms with E-state index < -0.39 is 37.9 Å². The largest absolute Gasteiger partial charge is 0.474 e. The minimum absolute atomic E-state index is 0.00698. The summed E-state index contributed by atoms with van der Waals surface area (Å²) in [5.41, 5.74) is 5.04. The van der Waals surface area contributed by atoms with Gasteiger partial charge in [0.15, 0.2) is 17.4 Å². The lowest BCUT2D eigenvalue weighted by molar-refractivity contribution is -0.0514. The van der Waals surface area contributed by atoms with Crippen LogP contribution in [-0.2, 0) is 22.9 Å². The average molecular weight is 391 g/mol. The fraction of sp³-hybridized carbons (Fsp3) is 0.583. The zero-order valence-corrected chi connectivity index (χ0v) is 14.7. The molecular formula is C12H18N5O8P. The lowest BCUT2D eigenvalue weighted by atomic mass is 10.1. The number of aliphatic hydroxyl groups excluding tert-OH is 2. The van der Waals surface area contributed by atoms with E-state index in [0.717, 1.165) is 14.2 Å². The van der Waals surface area contributed by atoms with E-state index in [0.29, 0.717) is 0 Å². The number of hydrogen-bond acceptors (Lipinski definition) is 11.